The van der Waals surface area contributed by atoms with Gasteiger partial charge in [-0.25, -0.2) is 0 Å². The number of rotatable bonds is 3. The van der Waals surface area contributed by atoms with Gasteiger partial charge in [-0.1, -0.05) is 29.3 Å². The summed E-state index contributed by atoms with van der Waals surface area (Å²) >= 11 is 12.0. The van der Waals surface area contributed by atoms with Crippen molar-refractivity contribution in [3.05, 3.63) is 28.2 Å². The molecule has 2 atom stereocenters. The summed E-state index contributed by atoms with van der Waals surface area (Å²) in [7, 11) is 1.99. The Bertz CT molecular complexity index is 370. The molecule has 88 valence electrons. The monoisotopic (exact) mass is 259 g/mol. The normalized spacial score (nSPS) is 24.7. The van der Waals surface area contributed by atoms with Crippen molar-refractivity contribution in [3.8, 4) is 5.75 Å². The Hall–Kier alpha value is -0.440. The summed E-state index contributed by atoms with van der Waals surface area (Å²) in [6, 6.07) is 6.04. The van der Waals surface area contributed by atoms with Gasteiger partial charge in [0.1, 0.15) is 16.9 Å². The van der Waals surface area contributed by atoms with Gasteiger partial charge in [-0.15, -0.1) is 0 Å². The first-order chi connectivity index (χ1) is 7.70. The molecule has 2 nitrogen and oxygen atoms in total. The largest absolute Gasteiger partial charge is 0.489 e. The molecule has 0 aromatic heterocycles. The smallest absolute Gasteiger partial charge is 0.139 e. The molecule has 1 N–H and O–H groups in total. The number of ether oxygens (including phenoxy) is 1. The standard InChI is InChI=1S/C12H15Cl2NO/c1-15-8-5-6-9(7-8)16-11-4-2-3-10(13)12(11)14/h2-4,8-9,15H,5-7H2,1H3. The number of benzene rings is 1. The predicted molar refractivity (Wildman–Crippen MR) is 67.6 cm³/mol. The minimum Gasteiger partial charge on any atom is -0.489 e. The van der Waals surface area contributed by atoms with Crippen LogP contribution in [0.4, 0.5) is 0 Å². The molecule has 0 aliphatic heterocycles. The van der Waals surface area contributed by atoms with Gasteiger partial charge in [-0.2, -0.15) is 0 Å². The van der Waals surface area contributed by atoms with Crippen LogP contribution in [-0.2, 0) is 0 Å². The van der Waals surface area contributed by atoms with E-state index in [4.69, 9.17) is 27.9 Å². The molecule has 1 aliphatic rings. The van der Waals surface area contributed by atoms with Crippen LogP contribution in [0.5, 0.6) is 5.75 Å². The molecule has 0 saturated heterocycles. The summed E-state index contributed by atoms with van der Waals surface area (Å²) in [5, 5.41) is 4.32. The van der Waals surface area contributed by atoms with Crippen LogP contribution < -0.4 is 10.1 Å². The third kappa shape index (κ3) is 2.62. The molecule has 0 spiro atoms. The lowest BCUT2D eigenvalue weighted by atomic mass is 10.2. The zero-order valence-corrected chi connectivity index (χ0v) is 10.7. The van der Waals surface area contributed by atoms with Crippen LogP contribution in [0.1, 0.15) is 19.3 Å². The molecule has 2 rings (SSSR count). The molecule has 0 heterocycles. The Morgan fingerprint density at radius 2 is 2.12 bits per heavy atom. The zero-order valence-electron chi connectivity index (χ0n) is 9.17. The molecule has 0 radical (unpaired) electrons. The van der Waals surface area contributed by atoms with Gasteiger partial charge in [0.2, 0.25) is 0 Å². The summed E-state index contributed by atoms with van der Waals surface area (Å²) in [6.07, 6.45) is 3.49. The number of hydrogen-bond donors (Lipinski definition) is 1. The van der Waals surface area contributed by atoms with Crippen LogP contribution >= 0.6 is 23.2 Å². The summed E-state index contributed by atoms with van der Waals surface area (Å²) in [6.45, 7) is 0. The predicted octanol–water partition coefficient (Wildman–Crippen LogP) is 3.51. The quantitative estimate of drug-likeness (QED) is 0.897. The Morgan fingerprint density at radius 1 is 1.31 bits per heavy atom. The zero-order chi connectivity index (χ0) is 11.5. The summed E-state index contributed by atoms with van der Waals surface area (Å²) in [5.41, 5.74) is 0. The summed E-state index contributed by atoms with van der Waals surface area (Å²) in [4.78, 5) is 0. The van der Waals surface area contributed by atoms with E-state index in [2.05, 4.69) is 5.32 Å². The lowest BCUT2D eigenvalue weighted by molar-refractivity contribution is 0.207. The van der Waals surface area contributed by atoms with Gasteiger partial charge in [0.15, 0.2) is 0 Å². The van der Waals surface area contributed by atoms with Gasteiger partial charge in [-0.3, -0.25) is 0 Å². The second-order valence-corrected chi connectivity index (χ2v) is 4.88. The first-order valence-corrected chi connectivity index (χ1v) is 6.24. The SMILES string of the molecule is CNC1CCC(Oc2cccc(Cl)c2Cl)C1. The maximum absolute atomic E-state index is 6.07. The van der Waals surface area contributed by atoms with Crippen LogP contribution in [0.25, 0.3) is 0 Å². The Morgan fingerprint density at radius 3 is 2.81 bits per heavy atom. The summed E-state index contributed by atoms with van der Waals surface area (Å²) in [5.74, 6) is 0.691. The third-order valence-electron chi connectivity index (χ3n) is 3.00. The fourth-order valence-corrected chi connectivity index (χ4v) is 2.40. The van der Waals surface area contributed by atoms with Gasteiger partial charge in [0.05, 0.1) is 5.02 Å². The van der Waals surface area contributed by atoms with Gasteiger partial charge in [0.25, 0.3) is 0 Å². The molecule has 1 fully saturated rings. The highest BCUT2D eigenvalue weighted by Crippen LogP contribution is 2.34. The first-order valence-electron chi connectivity index (χ1n) is 5.48. The molecular weight excluding hydrogens is 245 g/mol. The van der Waals surface area contributed by atoms with Crippen molar-refractivity contribution in [1.29, 1.82) is 0 Å². The van der Waals surface area contributed by atoms with E-state index in [0.717, 1.165) is 19.3 Å². The van der Waals surface area contributed by atoms with E-state index in [1.54, 1.807) is 6.07 Å². The highest BCUT2D eigenvalue weighted by Gasteiger charge is 2.25. The van der Waals surface area contributed by atoms with Crippen molar-refractivity contribution in [2.75, 3.05) is 7.05 Å². The minimum absolute atomic E-state index is 0.244. The number of hydrogen-bond acceptors (Lipinski definition) is 2. The average Bonchev–Trinajstić information content (AvgIpc) is 2.73. The second kappa shape index (κ2) is 5.26. The molecule has 0 bridgehead atoms. The minimum atomic E-state index is 0.244. The maximum atomic E-state index is 6.07. The lowest BCUT2D eigenvalue weighted by Crippen LogP contribution is -2.23. The van der Waals surface area contributed by atoms with Crippen molar-refractivity contribution in [2.24, 2.45) is 0 Å². The summed E-state index contributed by atoms with van der Waals surface area (Å²) < 4.78 is 5.86. The van der Waals surface area contributed by atoms with Crippen LogP contribution in [-0.4, -0.2) is 19.2 Å². The van der Waals surface area contributed by atoms with Crippen LogP contribution in [0, 0.1) is 0 Å². The van der Waals surface area contributed by atoms with E-state index < -0.39 is 0 Å². The first kappa shape index (κ1) is 12.0. The number of nitrogens with one attached hydrogen (secondary N) is 1. The lowest BCUT2D eigenvalue weighted by Gasteiger charge is -2.15. The fraction of sp³-hybridized carbons (Fsp3) is 0.500. The molecule has 1 saturated carbocycles. The van der Waals surface area contributed by atoms with E-state index in [9.17, 15) is 0 Å². The van der Waals surface area contributed by atoms with E-state index in [1.807, 2.05) is 19.2 Å². The fourth-order valence-electron chi connectivity index (χ4n) is 2.06. The van der Waals surface area contributed by atoms with Gasteiger partial charge < -0.3 is 10.1 Å². The molecule has 1 aliphatic carbocycles. The van der Waals surface area contributed by atoms with Crippen LogP contribution in [0.2, 0.25) is 10.0 Å². The molecular formula is C12H15Cl2NO. The van der Waals surface area contributed by atoms with Crippen molar-refractivity contribution in [3.63, 3.8) is 0 Å². The van der Waals surface area contributed by atoms with E-state index in [1.165, 1.54) is 0 Å². The maximum Gasteiger partial charge on any atom is 0.139 e. The molecule has 2 unspecified atom stereocenters. The molecule has 4 heteroatoms. The molecule has 1 aromatic carbocycles. The Labute approximate surface area is 106 Å². The number of halogens is 2. The van der Waals surface area contributed by atoms with Crippen LogP contribution in [0.15, 0.2) is 18.2 Å². The van der Waals surface area contributed by atoms with Gasteiger partial charge in [0, 0.05) is 6.04 Å². The van der Waals surface area contributed by atoms with Crippen molar-refractivity contribution >= 4 is 23.2 Å². The van der Waals surface area contributed by atoms with E-state index in [0.29, 0.717) is 21.8 Å². The van der Waals surface area contributed by atoms with Gasteiger partial charge in [-0.05, 0) is 38.4 Å². The van der Waals surface area contributed by atoms with Gasteiger partial charge >= 0.3 is 0 Å². The average molecular weight is 260 g/mol. The topological polar surface area (TPSA) is 21.3 Å². The van der Waals surface area contributed by atoms with Crippen molar-refractivity contribution in [2.45, 2.75) is 31.4 Å². The van der Waals surface area contributed by atoms with E-state index >= 15 is 0 Å². The van der Waals surface area contributed by atoms with E-state index in [-0.39, 0.29) is 6.10 Å². The second-order valence-electron chi connectivity index (χ2n) is 4.09. The van der Waals surface area contributed by atoms with Crippen molar-refractivity contribution < 1.29 is 4.74 Å². The van der Waals surface area contributed by atoms with Crippen molar-refractivity contribution in [1.82, 2.24) is 5.32 Å². The van der Waals surface area contributed by atoms with Crippen LogP contribution in [0.3, 0.4) is 0 Å². The Balaban J connectivity index is 2.02. The highest BCUT2D eigenvalue weighted by molar-refractivity contribution is 6.42. The third-order valence-corrected chi connectivity index (χ3v) is 3.80. The molecule has 1 aromatic rings. The highest BCUT2D eigenvalue weighted by atomic mass is 35.5. The molecule has 16 heavy (non-hydrogen) atoms. The molecule has 0 amide bonds. The Kier molecular flexibility index (Phi) is 3.95.